The standard InChI is InChI=1S/C15H21BrClN/c1-10-3-5-11(6-4-10)15(18-2)12-7-13(16)9-14(17)8-12/h7-11,15,18H,3-6H2,1-2H3. The number of rotatable bonds is 3. The molecule has 0 aromatic heterocycles. The molecule has 1 aromatic rings. The second-order valence-corrected chi connectivity index (χ2v) is 6.84. The van der Waals surface area contributed by atoms with Crippen LogP contribution in [-0.4, -0.2) is 7.05 Å². The van der Waals surface area contributed by atoms with E-state index in [2.05, 4.69) is 47.4 Å². The van der Waals surface area contributed by atoms with Gasteiger partial charge in [0.25, 0.3) is 0 Å². The Hall–Kier alpha value is -0.0500. The molecule has 0 heterocycles. The highest BCUT2D eigenvalue weighted by Crippen LogP contribution is 2.37. The SMILES string of the molecule is CNC(c1cc(Cl)cc(Br)c1)C1CCC(C)CC1. The van der Waals surface area contributed by atoms with Crippen molar-refractivity contribution in [2.75, 3.05) is 7.05 Å². The quantitative estimate of drug-likeness (QED) is 0.804. The van der Waals surface area contributed by atoms with Crippen molar-refractivity contribution in [3.8, 4) is 0 Å². The van der Waals surface area contributed by atoms with Crippen LogP contribution in [-0.2, 0) is 0 Å². The highest BCUT2D eigenvalue weighted by atomic mass is 79.9. The summed E-state index contributed by atoms with van der Waals surface area (Å²) in [6.07, 6.45) is 5.34. The van der Waals surface area contributed by atoms with Crippen molar-refractivity contribution >= 4 is 27.5 Å². The van der Waals surface area contributed by atoms with E-state index in [1.54, 1.807) is 0 Å². The van der Waals surface area contributed by atoms with Crippen molar-refractivity contribution in [1.29, 1.82) is 0 Å². The molecule has 0 spiro atoms. The smallest absolute Gasteiger partial charge is 0.0420 e. The van der Waals surface area contributed by atoms with Crippen LogP contribution in [0.5, 0.6) is 0 Å². The first kappa shape index (κ1) is 14.4. The average molecular weight is 331 g/mol. The molecule has 1 saturated carbocycles. The summed E-state index contributed by atoms with van der Waals surface area (Å²) in [4.78, 5) is 0. The number of halogens is 2. The fraction of sp³-hybridized carbons (Fsp3) is 0.600. The Balaban J connectivity index is 2.17. The van der Waals surface area contributed by atoms with E-state index in [0.717, 1.165) is 21.3 Å². The van der Waals surface area contributed by atoms with Gasteiger partial charge >= 0.3 is 0 Å². The maximum atomic E-state index is 6.16. The summed E-state index contributed by atoms with van der Waals surface area (Å²) in [6.45, 7) is 2.36. The van der Waals surface area contributed by atoms with E-state index in [4.69, 9.17) is 11.6 Å². The summed E-state index contributed by atoms with van der Waals surface area (Å²) in [5.41, 5.74) is 1.30. The zero-order chi connectivity index (χ0) is 13.1. The summed E-state index contributed by atoms with van der Waals surface area (Å²) in [6, 6.07) is 6.64. The summed E-state index contributed by atoms with van der Waals surface area (Å²) in [5.74, 6) is 1.63. The minimum atomic E-state index is 0.424. The van der Waals surface area contributed by atoms with Gasteiger partial charge in [-0.05, 0) is 55.5 Å². The Bertz CT molecular complexity index is 379. The number of hydrogen-bond donors (Lipinski definition) is 1. The highest BCUT2D eigenvalue weighted by Gasteiger charge is 2.26. The first-order valence-corrected chi connectivity index (χ1v) is 7.90. The molecular formula is C15H21BrClN. The Morgan fingerprint density at radius 2 is 1.89 bits per heavy atom. The van der Waals surface area contributed by atoms with E-state index in [9.17, 15) is 0 Å². The van der Waals surface area contributed by atoms with Crippen molar-refractivity contribution in [3.05, 3.63) is 33.3 Å². The topological polar surface area (TPSA) is 12.0 Å². The number of hydrogen-bond acceptors (Lipinski definition) is 1. The average Bonchev–Trinajstić information content (AvgIpc) is 2.31. The minimum absolute atomic E-state index is 0.424. The van der Waals surface area contributed by atoms with Crippen LogP contribution in [0.25, 0.3) is 0 Å². The third-order valence-electron chi connectivity index (χ3n) is 4.09. The highest BCUT2D eigenvalue weighted by molar-refractivity contribution is 9.10. The minimum Gasteiger partial charge on any atom is -0.313 e. The lowest BCUT2D eigenvalue weighted by molar-refractivity contribution is 0.238. The van der Waals surface area contributed by atoms with Gasteiger partial charge in [0, 0.05) is 15.5 Å². The largest absolute Gasteiger partial charge is 0.313 e. The third kappa shape index (κ3) is 3.49. The molecule has 0 aliphatic heterocycles. The van der Waals surface area contributed by atoms with Gasteiger partial charge in [-0.3, -0.25) is 0 Å². The molecule has 1 N–H and O–H groups in total. The molecule has 100 valence electrons. The van der Waals surface area contributed by atoms with Gasteiger partial charge in [-0.1, -0.05) is 47.3 Å². The van der Waals surface area contributed by atoms with Gasteiger partial charge in [-0.15, -0.1) is 0 Å². The van der Waals surface area contributed by atoms with E-state index >= 15 is 0 Å². The van der Waals surface area contributed by atoms with Gasteiger partial charge in [0.05, 0.1) is 0 Å². The third-order valence-corrected chi connectivity index (χ3v) is 4.76. The fourth-order valence-electron chi connectivity index (χ4n) is 3.05. The predicted octanol–water partition coefficient (Wildman–Crippen LogP) is 5.19. The van der Waals surface area contributed by atoms with Gasteiger partial charge in [-0.2, -0.15) is 0 Å². The van der Waals surface area contributed by atoms with Gasteiger partial charge < -0.3 is 5.32 Å². The Kier molecular flexibility index (Phi) is 5.11. The van der Waals surface area contributed by atoms with Gasteiger partial charge in [-0.25, -0.2) is 0 Å². The number of nitrogens with one attached hydrogen (secondary N) is 1. The van der Waals surface area contributed by atoms with Gasteiger partial charge in [0.2, 0.25) is 0 Å². The lowest BCUT2D eigenvalue weighted by Gasteiger charge is -2.33. The molecule has 1 aliphatic rings. The molecule has 18 heavy (non-hydrogen) atoms. The van der Waals surface area contributed by atoms with E-state index in [-0.39, 0.29) is 0 Å². The predicted molar refractivity (Wildman–Crippen MR) is 82.1 cm³/mol. The van der Waals surface area contributed by atoms with Crippen LogP contribution in [0.2, 0.25) is 5.02 Å². The lowest BCUT2D eigenvalue weighted by Crippen LogP contribution is -2.28. The Morgan fingerprint density at radius 3 is 2.44 bits per heavy atom. The lowest BCUT2D eigenvalue weighted by atomic mass is 9.77. The van der Waals surface area contributed by atoms with Crippen molar-refractivity contribution < 1.29 is 0 Å². The molecule has 2 rings (SSSR count). The van der Waals surface area contributed by atoms with Crippen LogP contribution < -0.4 is 5.32 Å². The zero-order valence-corrected chi connectivity index (χ0v) is 13.4. The van der Waals surface area contributed by atoms with Crippen molar-refractivity contribution in [1.82, 2.24) is 5.32 Å². The molecule has 0 bridgehead atoms. The van der Waals surface area contributed by atoms with E-state index in [0.29, 0.717) is 6.04 Å². The molecule has 1 nitrogen and oxygen atoms in total. The van der Waals surface area contributed by atoms with E-state index < -0.39 is 0 Å². The summed E-state index contributed by atoms with van der Waals surface area (Å²) in [7, 11) is 2.05. The maximum absolute atomic E-state index is 6.16. The summed E-state index contributed by atoms with van der Waals surface area (Å²) >= 11 is 9.69. The summed E-state index contributed by atoms with van der Waals surface area (Å²) in [5, 5.41) is 4.29. The van der Waals surface area contributed by atoms with Crippen molar-refractivity contribution in [3.63, 3.8) is 0 Å². The molecule has 1 fully saturated rings. The maximum Gasteiger partial charge on any atom is 0.0420 e. The monoisotopic (exact) mass is 329 g/mol. The molecule has 3 heteroatoms. The van der Waals surface area contributed by atoms with Crippen LogP contribution in [0.15, 0.2) is 22.7 Å². The molecule has 0 amide bonds. The molecular weight excluding hydrogens is 310 g/mol. The normalized spacial score (nSPS) is 26.0. The molecule has 1 aliphatic carbocycles. The van der Waals surface area contributed by atoms with Crippen LogP contribution in [0.1, 0.15) is 44.2 Å². The Morgan fingerprint density at radius 1 is 1.22 bits per heavy atom. The van der Waals surface area contributed by atoms with Crippen LogP contribution in [0.4, 0.5) is 0 Å². The fourth-order valence-corrected chi connectivity index (χ4v) is 3.93. The van der Waals surface area contributed by atoms with Crippen molar-refractivity contribution in [2.24, 2.45) is 11.8 Å². The first-order chi connectivity index (χ1) is 8.60. The van der Waals surface area contributed by atoms with Gasteiger partial charge in [0.1, 0.15) is 0 Å². The first-order valence-electron chi connectivity index (χ1n) is 6.73. The van der Waals surface area contributed by atoms with E-state index in [1.807, 2.05) is 6.07 Å². The second-order valence-electron chi connectivity index (χ2n) is 5.49. The molecule has 1 unspecified atom stereocenters. The second kappa shape index (κ2) is 6.40. The number of benzene rings is 1. The van der Waals surface area contributed by atoms with Crippen molar-refractivity contribution in [2.45, 2.75) is 38.6 Å². The zero-order valence-electron chi connectivity index (χ0n) is 11.0. The van der Waals surface area contributed by atoms with Crippen LogP contribution in [0.3, 0.4) is 0 Å². The molecule has 0 saturated heterocycles. The van der Waals surface area contributed by atoms with Crippen LogP contribution in [0, 0.1) is 11.8 Å². The molecule has 1 atom stereocenters. The van der Waals surface area contributed by atoms with Gasteiger partial charge in [0.15, 0.2) is 0 Å². The molecule has 0 radical (unpaired) electrons. The Labute approximate surface area is 123 Å². The summed E-state index contributed by atoms with van der Waals surface area (Å²) < 4.78 is 1.06. The van der Waals surface area contributed by atoms with E-state index in [1.165, 1.54) is 31.2 Å². The van der Waals surface area contributed by atoms with Crippen LogP contribution >= 0.6 is 27.5 Å². The molecule has 1 aromatic carbocycles.